The third-order valence-electron chi connectivity index (χ3n) is 5.86. The first-order valence-corrected chi connectivity index (χ1v) is 11.4. The molecule has 4 atom stereocenters. The summed E-state index contributed by atoms with van der Waals surface area (Å²) in [5.41, 5.74) is 32.2. The number of hydrogen-bond donors (Lipinski definition) is 7. The van der Waals surface area contributed by atoms with Gasteiger partial charge in [0.25, 0.3) is 0 Å². The number of nitrogens with two attached hydrogens (primary N) is 5. The molecule has 0 aliphatic carbocycles. The van der Waals surface area contributed by atoms with Crippen molar-refractivity contribution in [2.45, 2.75) is 37.0 Å². The van der Waals surface area contributed by atoms with Crippen LogP contribution < -0.4 is 49.1 Å². The molecule has 0 bridgehead atoms. The lowest BCUT2D eigenvalue weighted by Gasteiger charge is -2.37. The summed E-state index contributed by atoms with van der Waals surface area (Å²) in [4.78, 5) is 22.0. The van der Waals surface area contributed by atoms with Crippen molar-refractivity contribution in [3.63, 3.8) is 0 Å². The lowest BCUT2D eigenvalue weighted by Crippen LogP contribution is -2.54. The van der Waals surface area contributed by atoms with E-state index < -0.39 is 0 Å². The first-order valence-electron chi connectivity index (χ1n) is 11.4. The molecule has 0 spiro atoms. The fraction of sp³-hybridized carbons (Fsp3) is 0.524. The van der Waals surface area contributed by atoms with Gasteiger partial charge in [-0.15, -0.1) is 0 Å². The molecule has 184 valence electrons. The van der Waals surface area contributed by atoms with Gasteiger partial charge in [0.05, 0.1) is 0 Å². The number of nitrogens with zero attached hydrogens (tertiary/aromatic N) is 6. The van der Waals surface area contributed by atoms with Gasteiger partial charge in [-0.05, 0) is 37.1 Å². The van der Waals surface area contributed by atoms with Crippen LogP contribution in [-0.4, -0.2) is 78.3 Å². The van der Waals surface area contributed by atoms with Crippen molar-refractivity contribution in [1.82, 2.24) is 15.0 Å². The van der Waals surface area contributed by atoms with Crippen molar-refractivity contribution in [3.8, 4) is 0 Å². The lowest BCUT2D eigenvalue weighted by molar-refractivity contribution is 0.441. The zero-order valence-corrected chi connectivity index (χ0v) is 19.4. The van der Waals surface area contributed by atoms with Crippen LogP contribution in [0.1, 0.15) is 12.8 Å². The Morgan fingerprint density at radius 2 is 1.24 bits per heavy atom. The van der Waals surface area contributed by atoms with Gasteiger partial charge in [-0.25, -0.2) is 0 Å². The minimum absolute atomic E-state index is 0.0450. The molecular weight excluding hydrogens is 434 g/mol. The van der Waals surface area contributed by atoms with Crippen LogP contribution in [0, 0.1) is 0 Å². The van der Waals surface area contributed by atoms with E-state index in [1.165, 1.54) is 0 Å². The van der Waals surface area contributed by atoms with Crippen LogP contribution in [0.2, 0.25) is 0 Å². The number of hydrogen-bond acceptors (Lipinski definition) is 11. The Balaban J connectivity index is 1.61. The Hall–Kier alpha value is -3.26. The quantitative estimate of drug-likeness (QED) is 0.201. The molecule has 2 aromatic rings. The van der Waals surface area contributed by atoms with Gasteiger partial charge in [0.1, 0.15) is 0 Å². The van der Waals surface area contributed by atoms with Gasteiger partial charge < -0.3 is 49.1 Å². The number of guanidine groups is 1. The van der Waals surface area contributed by atoms with Gasteiger partial charge in [0.15, 0.2) is 5.96 Å². The lowest BCUT2D eigenvalue weighted by atomic mass is 10.0. The van der Waals surface area contributed by atoms with Crippen molar-refractivity contribution in [2.24, 2.45) is 33.7 Å². The van der Waals surface area contributed by atoms with E-state index in [-0.39, 0.29) is 24.2 Å². The Bertz CT molecular complexity index is 930. The summed E-state index contributed by atoms with van der Waals surface area (Å²) in [6, 6.07) is 7.38. The minimum Gasteiger partial charge on any atom is -0.370 e. The molecule has 2 saturated heterocycles. The second-order valence-electron chi connectivity index (χ2n) is 9.02. The number of nitrogens with one attached hydrogen (secondary N) is 2. The van der Waals surface area contributed by atoms with E-state index in [4.69, 9.17) is 33.7 Å². The smallest absolute Gasteiger partial charge is 0.233 e. The van der Waals surface area contributed by atoms with Crippen LogP contribution in [0.3, 0.4) is 0 Å². The van der Waals surface area contributed by atoms with E-state index in [9.17, 15) is 0 Å². The maximum Gasteiger partial charge on any atom is 0.233 e. The molecule has 3 heterocycles. The summed E-state index contributed by atoms with van der Waals surface area (Å²) in [5, 5.41) is 6.27. The highest BCUT2D eigenvalue weighted by molar-refractivity contribution is 5.92. The molecule has 2 fully saturated rings. The fourth-order valence-electron chi connectivity index (χ4n) is 4.35. The normalized spacial score (nSPS) is 25.9. The summed E-state index contributed by atoms with van der Waals surface area (Å²) < 4.78 is 0. The SMILES string of the molecule is CN=C(N)Nc1ccc(Nc2nc(N3CC(N)CC(N)C3)nc(N3CC(N)CC(N)C3)n2)cc1. The van der Waals surface area contributed by atoms with Gasteiger partial charge in [0.2, 0.25) is 17.8 Å². The van der Waals surface area contributed by atoms with Crippen molar-refractivity contribution < 1.29 is 0 Å². The van der Waals surface area contributed by atoms with Crippen LogP contribution in [-0.2, 0) is 0 Å². The summed E-state index contributed by atoms with van der Waals surface area (Å²) >= 11 is 0. The highest BCUT2D eigenvalue weighted by atomic mass is 15.4. The fourth-order valence-corrected chi connectivity index (χ4v) is 4.35. The molecule has 2 aliphatic rings. The molecule has 0 saturated carbocycles. The zero-order chi connectivity index (χ0) is 24.2. The van der Waals surface area contributed by atoms with Gasteiger partial charge in [0, 0.05) is 68.8 Å². The zero-order valence-electron chi connectivity index (χ0n) is 19.4. The van der Waals surface area contributed by atoms with Crippen LogP contribution >= 0.6 is 0 Å². The molecule has 4 unspecified atom stereocenters. The Morgan fingerprint density at radius 3 is 1.68 bits per heavy atom. The topological polar surface area (TPSA) is 212 Å². The maximum atomic E-state index is 6.22. The molecule has 12 N–H and O–H groups in total. The van der Waals surface area contributed by atoms with Gasteiger partial charge in [-0.2, -0.15) is 15.0 Å². The predicted octanol–water partition coefficient (Wildman–Crippen LogP) is -1.30. The number of anilines is 5. The first kappa shape index (κ1) is 23.9. The highest BCUT2D eigenvalue weighted by Crippen LogP contribution is 2.24. The molecule has 0 amide bonds. The van der Waals surface area contributed by atoms with E-state index in [0.717, 1.165) is 24.2 Å². The number of aliphatic imine (C=N–C) groups is 1. The van der Waals surface area contributed by atoms with Gasteiger partial charge in [-0.3, -0.25) is 4.99 Å². The number of benzene rings is 1. The van der Waals surface area contributed by atoms with E-state index in [1.54, 1.807) is 7.05 Å². The predicted molar refractivity (Wildman–Crippen MR) is 136 cm³/mol. The van der Waals surface area contributed by atoms with Crippen LogP contribution in [0.25, 0.3) is 0 Å². The molecular formula is C21H35N13. The summed E-state index contributed by atoms with van der Waals surface area (Å²) in [6.07, 6.45) is 1.53. The van der Waals surface area contributed by atoms with Crippen molar-refractivity contribution in [3.05, 3.63) is 24.3 Å². The number of piperidine rings is 2. The molecule has 13 nitrogen and oxygen atoms in total. The maximum absolute atomic E-state index is 6.22. The average molecular weight is 470 g/mol. The van der Waals surface area contributed by atoms with Crippen molar-refractivity contribution >= 4 is 35.2 Å². The summed E-state index contributed by atoms with van der Waals surface area (Å²) in [6.45, 7) is 2.49. The molecule has 13 heteroatoms. The van der Waals surface area contributed by atoms with E-state index in [2.05, 4.69) is 25.6 Å². The van der Waals surface area contributed by atoms with E-state index in [1.807, 2.05) is 34.1 Å². The second kappa shape index (κ2) is 10.3. The van der Waals surface area contributed by atoms with Crippen LogP contribution in [0.4, 0.5) is 29.2 Å². The average Bonchev–Trinajstić information content (AvgIpc) is 2.79. The van der Waals surface area contributed by atoms with Crippen molar-refractivity contribution in [1.29, 1.82) is 0 Å². The molecule has 4 rings (SSSR count). The molecule has 1 aromatic carbocycles. The van der Waals surface area contributed by atoms with E-state index in [0.29, 0.717) is 50.0 Å². The number of rotatable bonds is 5. The Labute approximate surface area is 199 Å². The summed E-state index contributed by atoms with van der Waals surface area (Å²) in [7, 11) is 1.62. The third kappa shape index (κ3) is 5.99. The third-order valence-corrected chi connectivity index (χ3v) is 5.86. The van der Waals surface area contributed by atoms with Crippen molar-refractivity contribution in [2.75, 3.05) is 53.7 Å². The highest BCUT2D eigenvalue weighted by Gasteiger charge is 2.28. The molecule has 2 aliphatic heterocycles. The molecule has 0 radical (unpaired) electrons. The largest absolute Gasteiger partial charge is 0.370 e. The van der Waals surface area contributed by atoms with E-state index >= 15 is 0 Å². The monoisotopic (exact) mass is 469 g/mol. The van der Waals surface area contributed by atoms with Crippen LogP contribution in [0.15, 0.2) is 29.3 Å². The molecule has 1 aromatic heterocycles. The standard InChI is InChI=1S/C21H35N13/c1-27-18(26)28-16-2-4-17(5-3-16)29-19-30-20(33-8-12(22)6-13(23)9-33)32-21(31-19)34-10-14(24)7-15(25)11-34/h2-5,12-15H,6-11,22-25H2,1H3,(H3,26,27,28)(H,29,30,31,32). The minimum atomic E-state index is -0.0450. The Kier molecular flexibility index (Phi) is 7.26. The summed E-state index contributed by atoms with van der Waals surface area (Å²) in [5.74, 6) is 1.80. The second-order valence-corrected chi connectivity index (χ2v) is 9.02. The Morgan fingerprint density at radius 1 is 0.794 bits per heavy atom. The first-order chi connectivity index (χ1) is 16.3. The molecule has 34 heavy (non-hydrogen) atoms. The van der Waals surface area contributed by atoms with Gasteiger partial charge in [-0.1, -0.05) is 0 Å². The van der Waals surface area contributed by atoms with Gasteiger partial charge >= 0.3 is 0 Å². The van der Waals surface area contributed by atoms with Crippen LogP contribution in [0.5, 0.6) is 0 Å². The number of aromatic nitrogens is 3.